The summed E-state index contributed by atoms with van der Waals surface area (Å²) in [4.78, 5) is 21.9. The number of quaternary nitrogens is 1. The summed E-state index contributed by atoms with van der Waals surface area (Å²) in [5, 5.41) is 1.57. The van der Waals surface area contributed by atoms with E-state index in [0.717, 1.165) is 0 Å². The minimum atomic E-state index is -1.08. The summed E-state index contributed by atoms with van der Waals surface area (Å²) in [6.45, 7) is 0.423. The van der Waals surface area contributed by atoms with Gasteiger partial charge in [-0.3, -0.25) is 0 Å². The monoisotopic (exact) mass is 160 g/mol. The third-order valence-corrected chi connectivity index (χ3v) is 1.71. The number of esters is 2. The number of hydrogen-bond donors (Lipinski definition) is 1. The maximum atomic E-state index is 10.9. The molecule has 1 aliphatic rings. The number of carbonyl (C=O) groups is 2. The normalized spacial score (nSPS) is 18.7. The highest BCUT2D eigenvalue weighted by atomic mass is 16.5. The lowest BCUT2D eigenvalue weighted by Gasteiger charge is -2.02. The molecule has 0 radical (unpaired) electrons. The van der Waals surface area contributed by atoms with Gasteiger partial charge in [-0.05, 0) is 0 Å². The van der Waals surface area contributed by atoms with Crippen molar-refractivity contribution in [3.05, 3.63) is 0 Å². The zero-order chi connectivity index (χ0) is 8.48. The number of ether oxygens (including phenoxy) is 2. The van der Waals surface area contributed by atoms with Crippen LogP contribution in [0.3, 0.4) is 0 Å². The van der Waals surface area contributed by atoms with Gasteiger partial charge < -0.3 is 14.8 Å². The van der Waals surface area contributed by atoms with Crippen molar-refractivity contribution in [2.24, 2.45) is 0 Å². The average Bonchev–Trinajstić information content (AvgIpc) is 2.82. The van der Waals surface area contributed by atoms with Crippen LogP contribution >= 0.6 is 0 Å². The van der Waals surface area contributed by atoms with Gasteiger partial charge in [0.15, 0.2) is 6.54 Å². The second-order valence-corrected chi connectivity index (χ2v) is 2.36. The number of nitrogens with two attached hydrogens (primary N) is 1. The second-order valence-electron chi connectivity index (χ2n) is 2.36. The van der Waals surface area contributed by atoms with Crippen molar-refractivity contribution >= 4 is 11.9 Å². The zero-order valence-electron chi connectivity index (χ0n) is 6.42. The lowest BCUT2D eigenvalue weighted by atomic mass is 10.2. The largest absolute Gasteiger partial charge is 0.464 e. The molecule has 62 valence electrons. The Labute approximate surface area is 63.7 Å². The Kier molecular flexibility index (Phi) is 1.82. The Morgan fingerprint density at radius 3 is 1.82 bits per heavy atom. The molecule has 0 saturated carbocycles. The summed E-state index contributed by atoms with van der Waals surface area (Å²) < 4.78 is 8.86. The van der Waals surface area contributed by atoms with Crippen molar-refractivity contribution in [3.8, 4) is 0 Å². The van der Waals surface area contributed by atoms with Crippen molar-refractivity contribution in [1.29, 1.82) is 0 Å². The van der Waals surface area contributed by atoms with Crippen LogP contribution in [0, 0.1) is 0 Å². The molecule has 1 saturated heterocycles. The Bertz CT molecular complexity index is 179. The highest BCUT2D eigenvalue weighted by Crippen LogP contribution is 2.09. The molecular weight excluding hydrogens is 150 g/mol. The smallest absolute Gasteiger partial charge is 0.386 e. The molecule has 0 spiro atoms. The van der Waals surface area contributed by atoms with Crippen LogP contribution in [0.5, 0.6) is 0 Å². The van der Waals surface area contributed by atoms with Gasteiger partial charge in [0.2, 0.25) is 0 Å². The predicted molar refractivity (Wildman–Crippen MR) is 33.6 cm³/mol. The lowest BCUT2D eigenvalue weighted by molar-refractivity contribution is -0.507. The second kappa shape index (κ2) is 2.50. The van der Waals surface area contributed by atoms with Crippen molar-refractivity contribution in [2.45, 2.75) is 5.54 Å². The van der Waals surface area contributed by atoms with E-state index >= 15 is 0 Å². The van der Waals surface area contributed by atoms with Gasteiger partial charge in [-0.1, -0.05) is 0 Å². The summed E-state index contributed by atoms with van der Waals surface area (Å²) in [7, 11) is 2.50. The highest BCUT2D eigenvalue weighted by Gasteiger charge is 2.66. The molecule has 1 heterocycles. The average molecular weight is 160 g/mol. The zero-order valence-corrected chi connectivity index (χ0v) is 6.42. The highest BCUT2D eigenvalue weighted by molar-refractivity contribution is 6.05. The minimum Gasteiger partial charge on any atom is -0.464 e. The summed E-state index contributed by atoms with van der Waals surface area (Å²) >= 11 is 0. The maximum Gasteiger partial charge on any atom is 0.386 e. The number of methoxy groups -OCH3 is 2. The Morgan fingerprint density at radius 1 is 1.27 bits per heavy atom. The van der Waals surface area contributed by atoms with E-state index in [9.17, 15) is 9.59 Å². The number of carbonyl (C=O) groups excluding carboxylic acids is 2. The molecule has 0 aliphatic carbocycles. The molecular formula is C6H10NO4+. The van der Waals surface area contributed by atoms with Gasteiger partial charge in [0.25, 0.3) is 0 Å². The molecule has 0 aromatic heterocycles. The first-order chi connectivity index (χ1) is 5.17. The van der Waals surface area contributed by atoms with Crippen LogP contribution in [-0.2, 0) is 19.1 Å². The van der Waals surface area contributed by atoms with Crippen molar-refractivity contribution in [1.82, 2.24) is 0 Å². The third kappa shape index (κ3) is 1.07. The summed E-state index contributed by atoms with van der Waals surface area (Å²) in [6.07, 6.45) is 0. The van der Waals surface area contributed by atoms with E-state index in [1.165, 1.54) is 14.2 Å². The van der Waals surface area contributed by atoms with Gasteiger partial charge in [-0.15, -0.1) is 0 Å². The molecule has 0 amide bonds. The molecule has 0 bridgehead atoms. The van der Waals surface area contributed by atoms with Gasteiger partial charge in [-0.25, -0.2) is 9.59 Å². The molecule has 2 N–H and O–H groups in total. The van der Waals surface area contributed by atoms with Crippen LogP contribution in [0.4, 0.5) is 0 Å². The van der Waals surface area contributed by atoms with Gasteiger partial charge in [0, 0.05) is 0 Å². The molecule has 0 unspecified atom stereocenters. The topological polar surface area (TPSA) is 69.2 Å². The predicted octanol–water partition coefficient (Wildman–Crippen LogP) is -2.35. The first kappa shape index (κ1) is 8.00. The molecule has 1 fully saturated rings. The first-order valence-electron chi connectivity index (χ1n) is 3.18. The summed E-state index contributed by atoms with van der Waals surface area (Å²) in [5.74, 6) is -1.08. The van der Waals surface area contributed by atoms with E-state index in [4.69, 9.17) is 0 Å². The van der Waals surface area contributed by atoms with E-state index in [-0.39, 0.29) is 0 Å². The number of hydrogen-bond acceptors (Lipinski definition) is 4. The molecule has 5 heteroatoms. The minimum absolute atomic E-state index is 0.423. The summed E-state index contributed by atoms with van der Waals surface area (Å²) in [6, 6.07) is 0. The third-order valence-electron chi connectivity index (χ3n) is 1.71. The Balaban J connectivity index is 2.67. The van der Waals surface area contributed by atoms with Crippen molar-refractivity contribution < 1.29 is 24.4 Å². The SMILES string of the molecule is COC(=O)C1(C(=O)OC)C[NH2+]1. The van der Waals surface area contributed by atoms with Gasteiger partial charge in [0.1, 0.15) is 0 Å². The maximum absolute atomic E-state index is 10.9. The quantitative estimate of drug-likeness (QED) is 0.279. The molecule has 0 atom stereocenters. The van der Waals surface area contributed by atoms with Crippen LogP contribution in [0.1, 0.15) is 0 Å². The fourth-order valence-electron chi connectivity index (χ4n) is 0.883. The van der Waals surface area contributed by atoms with E-state index in [1.807, 2.05) is 0 Å². The van der Waals surface area contributed by atoms with Crippen LogP contribution in [0.15, 0.2) is 0 Å². The van der Waals surface area contributed by atoms with E-state index in [1.54, 1.807) is 5.32 Å². The standard InChI is InChI=1S/C6H9NO4/c1-10-4(8)6(3-7-6)5(9)11-2/h7H,3H2,1-2H3/p+1. The van der Waals surface area contributed by atoms with Crippen molar-refractivity contribution in [3.63, 3.8) is 0 Å². The van der Waals surface area contributed by atoms with Gasteiger partial charge in [-0.2, -0.15) is 0 Å². The molecule has 11 heavy (non-hydrogen) atoms. The fourth-order valence-corrected chi connectivity index (χ4v) is 0.883. The lowest BCUT2D eigenvalue weighted by Crippen LogP contribution is -2.71. The van der Waals surface area contributed by atoms with Gasteiger partial charge in [0.05, 0.1) is 14.2 Å². The van der Waals surface area contributed by atoms with Crippen LogP contribution < -0.4 is 5.32 Å². The van der Waals surface area contributed by atoms with Crippen LogP contribution in [0.25, 0.3) is 0 Å². The molecule has 5 nitrogen and oxygen atoms in total. The fraction of sp³-hybridized carbons (Fsp3) is 0.667. The Hall–Kier alpha value is -1.10. The summed E-state index contributed by atoms with van der Waals surface area (Å²) in [5.41, 5.74) is -1.08. The molecule has 1 rings (SSSR count). The first-order valence-corrected chi connectivity index (χ1v) is 3.18. The Morgan fingerprint density at radius 2 is 1.64 bits per heavy atom. The van der Waals surface area contributed by atoms with Crippen LogP contribution in [0.2, 0.25) is 0 Å². The number of rotatable bonds is 2. The van der Waals surface area contributed by atoms with Crippen LogP contribution in [-0.4, -0.2) is 38.2 Å². The van der Waals surface area contributed by atoms with E-state index < -0.39 is 17.5 Å². The molecule has 0 aromatic rings. The van der Waals surface area contributed by atoms with Gasteiger partial charge >= 0.3 is 17.5 Å². The van der Waals surface area contributed by atoms with Crippen molar-refractivity contribution in [2.75, 3.05) is 20.8 Å². The van der Waals surface area contributed by atoms with E-state index in [0.29, 0.717) is 6.54 Å². The molecule has 0 aromatic carbocycles. The van der Waals surface area contributed by atoms with E-state index in [2.05, 4.69) is 9.47 Å². The molecule has 1 aliphatic heterocycles.